The molecule has 0 saturated carbocycles. The lowest BCUT2D eigenvalue weighted by atomic mass is 9.96. The Morgan fingerprint density at radius 3 is 2.45 bits per heavy atom. The van der Waals surface area contributed by atoms with Crippen LogP contribution in [0.5, 0.6) is 5.75 Å². The van der Waals surface area contributed by atoms with Crippen molar-refractivity contribution in [2.24, 2.45) is 0 Å². The van der Waals surface area contributed by atoms with Gasteiger partial charge in [0.2, 0.25) is 5.95 Å². The Morgan fingerprint density at radius 1 is 1.03 bits per heavy atom. The summed E-state index contributed by atoms with van der Waals surface area (Å²) in [7, 11) is 1.63. The van der Waals surface area contributed by atoms with Crippen molar-refractivity contribution in [2.45, 2.75) is 13.0 Å². The number of carbonyl (C=O) groups is 1. The summed E-state index contributed by atoms with van der Waals surface area (Å²) in [5.74, 6) is 1.67. The number of nitrogens with zero attached hydrogens (tertiary/aromatic N) is 4. The zero-order valence-corrected chi connectivity index (χ0v) is 18.2. The molecule has 0 fully saturated rings. The van der Waals surface area contributed by atoms with Crippen LogP contribution in [0.25, 0.3) is 11.4 Å². The highest BCUT2D eigenvalue weighted by Crippen LogP contribution is 2.36. The number of allylic oxidation sites excluding steroid dienone is 1. The SMILES string of the molecule is COc1ccc(-c2nc3n(n2)C(c2ccncc2)C(C(=O)Nc2ccccc2)=C(C)N3)cc1. The van der Waals surface area contributed by atoms with Gasteiger partial charge >= 0.3 is 0 Å². The molecule has 0 spiro atoms. The molecule has 5 rings (SSSR count). The second-order valence-electron chi connectivity index (χ2n) is 7.60. The molecular weight excluding hydrogens is 416 g/mol. The van der Waals surface area contributed by atoms with E-state index in [2.05, 4.69) is 15.6 Å². The number of aromatic nitrogens is 4. The Bertz CT molecular complexity index is 1310. The number of benzene rings is 2. The molecule has 0 bridgehead atoms. The van der Waals surface area contributed by atoms with E-state index in [0.29, 0.717) is 23.0 Å². The average molecular weight is 438 g/mol. The van der Waals surface area contributed by atoms with E-state index < -0.39 is 6.04 Å². The molecule has 2 N–H and O–H groups in total. The van der Waals surface area contributed by atoms with Crippen molar-refractivity contribution in [3.63, 3.8) is 0 Å². The van der Waals surface area contributed by atoms with E-state index in [1.165, 1.54) is 0 Å². The number of carbonyl (C=O) groups excluding carboxylic acids is 1. The van der Waals surface area contributed by atoms with Crippen LogP contribution in [0, 0.1) is 0 Å². The Labute approximate surface area is 191 Å². The van der Waals surface area contributed by atoms with Crippen LogP contribution < -0.4 is 15.4 Å². The Morgan fingerprint density at radius 2 is 1.76 bits per heavy atom. The van der Waals surface area contributed by atoms with Gasteiger partial charge in [-0.2, -0.15) is 4.98 Å². The molecule has 1 amide bonds. The summed E-state index contributed by atoms with van der Waals surface area (Å²) in [4.78, 5) is 22.3. The molecule has 3 heterocycles. The van der Waals surface area contributed by atoms with Gasteiger partial charge in [-0.3, -0.25) is 9.78 Å². The van der Waals surface area contributed by atoms with Crippen LogP contribution in [-0.4, -0.2) is 32.8 Å². The van der Waals surface area contributed by atoms with E-state index in [4.69, 9.17) is 14.8 Å². The largest absolute Gasteiger partial charge is 0.497 e. The Kier molecular flexibility index (Phi) is 5.32. The predicted octanol–water partition coefficient (Wildman–Crippen LogP) is 4.28. The van der Waals surface area contributed by atoms with Crippen LogP contribution in [-0.2, 0) is 4.79 Å². The number of amides is 1. The zero-order valence-electron chi connectivity index (χ0n) is 18.2. The molecule has 33 heavy (non-hydrogen) atoms. The number of hydrogen-bond donors (Lipinski definition) is 2. The van der Waals surface area contributed by atoms with Gasteiger partial charge < -0.3 is 15.4 Å². The molecule has 0 radical (unpaired) electrons. The molecule has 1 atom stereocenters. The average Bonchev–Trinajstić information content (AvgIpc) is 3.28. The van der Waals surface area contributed by atoms with Crippen LogP contribution in [0.4, 0.5) is 11.6 Å². The summed E-state index contributed by atoms with van der Waals surface area (Å²) < 4.78 is 7.00. The van der Waals surface area contributed by atoms with Gasteiger partial charge in [0.15, 0.2) is 5.82 Å². The van der Waals surface area contributed by atoms with Crippen molar-refractivity contribution in [2.75, 3.05) is 17.7 Å². The molecule has 8 heteroatoms. The lowest BCUT2D eigenvalue weighted by Crippen LogP contribution is -2.31. The number of para-hydroxylation sites is 1. The van der Waals surface area contributed by atoms with Gasteiger partial charge in [0.25, 0.3) is 5.91 Å². The minimum atomic E-state index is -0.465. The van der Waals surface area contributed by atoms with E-state index in [1.807, 2.05) is 73.7 Å². The van der Waals surface area contributed by atoms with Gasteiger partial charge in [0.1, 0.15) is 11.8 Å². The van der Waals surface area contributed by atoms with Crippen molar-refractivity contribution in [1.29, 1.82) is 0 Å². The van der Waals surface area contributed by atoms with Crippen LogP contribution in [0.15, 0.2) is 90.4 Å². The van der Waals surface area contributed by atoms with E-state index in [-0.39, 0.29) is 5.91 Å². The number of pyridine rings is 1. The number of hydrogen-bond acceptors (Lipinski definition) is 6. The van der Waals surface area contributed by atoms with E-state index in [1.54, 1.807) is 24.2 Å². The van der Waals surface area contributed by atoms with Crippen LogP contribution in [0.1, 0.15) is 18.5 Å². The van der Waals surface area contributed by atoms with Crippen LogP contribution in [0.3, 0.4) is 0 Å². The van der Waals surface area contributed by atoms with Crippen molar-refractivity contribution in [1.82, 2.24) is 19.7 Å². The second kappa shape index (κ2) is 8.58. The van der Waals surface area contributed by atoms with E-state index in [0.717, 1.165) is 22.6 Å². The van der Waals surface area contributed by atoms with Crippen molar-refractivity contribution >= 4 is 17.5 Å². The minimum Gasteiger partial charge on any atom is -0.497 e. The fraction of sp³-hybridized carbons (Fsp3) is 0.120. The number of anilines is 2. The maximum atomic E-state index is 13.4. The molecule has 1 unspecified atom stereocenters. The summed E-state index contributed by atoms with van der Waals surface area (Å²) in [5, 5.41) is 11.0. The van der Waals surface area contributed by atoms with Crippen LogP contribution in [0.2, 0.25) is 0 Å². The number of methoxy groups -OCH3 is 1. The lowest BCUT2D eigenvalue weighted by Gasteiger charge is -2.28. The van der Waals surface area contributed by atoms with Gasteiger partial charge in [-0.25, -0.2) is 4.68 Å². The van der Waals surface area contributed by atoms with Crippen molar-refractivity contribution < 1.29 is 9.53 Å². The van der Waals surface area contributed by atoms with Gasteiger partial charge in [-0.1, -0.05) is 18.2 Å². The molecule has 164 valence electrons. The maximum absolute atomic E-state index is 13.4. The number of fused-ring (bicyclic) bond motifs is 1. The van der Waals surface area contributed by atoms with Gasteiger partial charge in [0, 0.05) is 29.3 Å². The molecule has 1 aliphatic heterocycles. The quantitative estimate of drug-likeness (QED) is 0.483. The number of rotatable bonds is 5. The smallest absolute Gasteiger partial charge is 0.255 e. The predicted molar refractivity (Wildman–Crippen MR) is 126 cm³/mol. The molecular formula is C25H22N6O2. The molecule has 1 aliphatic rings. The van der Waals surface area contributed by atoms with Gasteiger partial charge in [-0.15, -0.1) is 5.10 Å². The van der Waals surface area contributed by atoms with Gasteiger partial charge in [0.05, 0.1) is 12.7 Å². The summed E-state index contributed by atoms with van der Waals surface area (Å²) in [6.07, 6.45) is 3.42. The summed E-state index contributed by atoms with van der Waals surface area (Å²) >= 11 is 0. The highest BCUT2D eigenvalue weighted by atomic mass is 16.5. The third-order valence-electron chi connectivity index (χ3n) is 5.50. The normalized spacial score (nSPS) is 14.9. The lowest BCUT2D eigenvalue weighted by molar-refractivity contribution is -0.113. The fourth-order valence-electron chi connectivity index (χ4n) is 3.88. The van der Waals surface area contributed by atoms with E-state index >= 15 is 0 Å². The zero-order chi connectivity index (χ0) is 22.8. The fourth-order valence-corrected chi connectivity index (χ4v) is 3.88. The van der Waals surface area contributed by atoms with Crippen molar-refractivity contribution in [3.05, 3.63) is 96.0 Å². The van der Waals surface area contributed by atoms with E-state index in [9.17, 15) is 4.79 Å². The highest BCUT2D eigenvalue weighted by Gasteiger charge is 2.34. The summed E-state index contributed by atoms with van der Waals surface area (Å²) in [6.45, 7) is 1.87. The standard InChI is InChI=1S/C25H22N6O2/c1-16-21(24(32)28-19-6-4-3-5-7-19)22(17-12-14-26-15-13-17)31-25(27-16)29-23(30-31)18-8-10-20(33-2)11-9-18/h3-15,22H,1-2H3,(H,28,32)(H,27,29,30). The monoisotopic (exact) mass is 438 g/mol. The number of ether oxygens (including phenoxy) is 1. The Balaban J connectivity index is 1.57. The molecule has 8 nitrogen and oxygen atoms in total. The first-order chi connectivity index (χ1) is 16.1. The number of nitrogens with one attached hydrogen (secondary N) is 2. The maximum Gasteiger partial charge on any atom is 0.255 e. The first-order valence-corrected chi connectivity index (χ1v) is 10.5. The minimum absolute atomic E-state index is 0.208. The topological polar surface area (TPSA) is 94.0 Å². The molecule has 2 aromatic heterocycles. The van der Waals surface area contributed by atoms with Crippen LogP contribution >= 0.6 is 0 Å². The molecule has 4 aromatic rings. The molecule has 0 saturated heterocycles. The first kappa shape index (κ1) is 20.4. The molecule has 0 aliphatic carbocycles. The van der Waals surface area contributed by atoms with Crippen molar-refractivity contribution in [3.8, 4) is 17.1 Å². The summed E-state index contributed by atoms with van der Waals surface area (Å²) in [6, 6.07) is 20.2. The molecule has 2 aromatic carbocycles. The first-order valence-electron chi connectivity index (χ1n) is 10.5. The third kappa shape index (κ3) is 3.94. The van der Waals surface area contributed by atoms with Gasteiger partial charge in [-0.05, 0) is 61.0 Å². The third-order valence-corrected chi connectivity index (χ3v) is 5.50. The second-order valence-corrected chi connectivity index (χ2v) is 7.60. The summed E-state index contributed by atoms with van der Waals surface area (Å²) in [5.41, 5.74) is 3.73. The highest BCUT2D eigenvalue weighted by molar-refractivity contribution is 6.06. The Hall–Kier alpha value is -4.46.